The number of anilines is 2. The zero-order chi connectivity index (χ0) is 28.2. The van der Waals surface area contributed by atoms with Crippen molar-refractivity contribution in [2.24, 2.45) is 5.92 Å². The van der Waals surface area contributed by atoms with Gasteiger partial charge in [0.25, 0.3) is 0 Å². The first kappa shape index (κ1) is 25.7. The van der Waals surface area contributed by atoms with Crippen LogP contribution >= 0.6 is 0 Å². The quantitative estimate of drug-likeness (QED) is 0.236. The highest BCUT2D eigenvalue weighted by molar-refractivity contribution is 5.97. The van der Waals surface area contributed by atoms with Gasteiger partial charge in [-0.05, 0) is 66.2 Å². The third-order valence-corrected chi connectivity index (χ3v) is 6.68. The van der Waals surface area contributed by atoms with Crippen molar-refractivity contribution in [1.29, 1.82) is 0 Å². The summed E-state index contributed by atoms with van der Waals surface area (Å²) in [5, 5.41) is 9.34. The Morgan fingerprint density at radius 3 is 2.32 bits per heavy atom. The summed E-state index contributed by atoms with van der Waals surface area (Å²) in [4.78, 5) is 21.6. The fourth-order valence-corrected chi connectivity index (χ4v) is 4.66. The van der Waals surface area contributed by atoms with Crippen LogP contribution in [0.4, 0.5) is 11.7 Å². The van der Waals surface area contributed by atoms with Crippen LogP contribution in [-0.4, -0.2) is 24.0 Å². The van der Waals surface area contributed by atoms with Crippen molar-refractivity contribution in [3.63, 3.8) is 0 Å². The Hall–Kier alpha value is -5.57. The van der Waals surface area contributed by atoms with Crippen molar-refractivity contribution in [1.82, 2.24) is 10.3 Å². The van der Waals surface area contributed by atoms with Gasteiger partial charge in [0, 0.05) is 5.69 Å². The minimum absolute atomic E-state index is 0.228. The van der Waals surface area contributed by atoms with Crippen LogP contribution in [0.1, 0.15) is 11.6 Å². The molecule has 204 valence electrons. The standard InChI is InChI=1S/C32H27N5O4/c1-20-28(30(38)34-22-14-18-25(19-15-22)40-24-8-4-3-5-9-24)29(21-12-16-23(39-2)17-13-21)36-31(33-20)37-32-35-26-10-6-7-11-27(26)41-32/h3-19,28-29H,1H2,2H3,(H,34,38)(H2,33,35,36,37)/p+1/t28-,29+/m0/s1. The second-order valence-corrected chi connectivity index (χ2v) is 9.44. The van der Waals surface area contributed by atoms with Crippen molar-refractivity contribution in [3.8, 4) is 17.2 Å². The number of nitrogens with zero attached hydrogens (tertiary/aromatic N) is 1. The van der Waals surface area contributed by atoms with Gasteiger partial charge in [0.1, 0.15) is 34.7 Å². The lowest BCUT2D eigenvalue weighted by Gasteiger charge is -2.28. The van der Waals surface area contributed by atoms with E-state index in [4.69, 9.17) is 13.9 Å². The largest absolute Gasteiger partial charge is 0.497 e. The lowest BCUT2D eigenvalue weighted by atomic mass is 9.89. The van der Waals surface area contributed by atoms with E-state index in [9.17, 15) is 4.79 Å². The van der Waals surface area contributed by atoms with Crippen molar-refractivity contribution in [2.75, 3.05) is 17.7 Å². The van der Waals surface area contributed by atoms with Gasteiger partial charge in [0.2, 0.25) is 5.91 Å². The van der Waals surface area contributed by atoms with E-state index in [2.05, 4.69) is 32.5 Å². The molecule has 5 aromatic rings. The molecule has 4 N–H and O–H groups in total. The lowest BCUT2D eigenvalue weighted by molar-refractivity contribution is -0.522. The molecule has 6 rings (SSSR count). The first-order valence-electron chi connectivity index (χ1n) is 13.1. The molecule has 4 aromatic carbocycles. The van der Waals surface area contributed by atoms with Crippen molar-refractivity contribution >= 4 is 34.7 Å². The number of methoxy groups -OCH3 is 1. The van der Waals surface area contributed by atoms with E-state index in [1.807, 2.05) is 91.0 Å². The average Bonchev–Trinajstić information content (AvgIpc) is 3.40. The number of hydrogen-bond donors (Lipinski definition) is 4. The third kappa shape index (κ3) is 5.74. The maximum absolute atomic E-state index is 13.7. The summed E-state index contributed by atoms with van der Waals surface area (Å²) in [7, 11) is 1.61. The van der Waals surface area contributed by atoms with Crippen LogP contribution in [0.3, 0.4) is 0 Å². The number of nitrogens with one attached hydrogen (secondary N) is 4. The zero-order valence-corrected chi connectivity index (χ0v) is 22.3. The van der Waals surface area contributed by atoms with Crippen LogP contribution in [0, 0.1) is 5.92 Å². The summed E-state index contributed by atoms with van der Waals surface area (Å²) in [5.41, 5.74) is 3.40. The van der Waals surface area contributed by atoms with Crippen LogP contribution in [0.2, 0.25) is 0 Å². The van der Waals surface area contributed by atoms with E-state index < -0.39 is 12.0 Å². The van der Waals surface area contributed by atoms with E-state index in [-0.39, 0.29) is 5.91 Å². The predicted molar refractivity (Wildman–Crippen MR) is 157 cm³/mol. The monoisotopic (exact) mass is 546 g/mol. The molecule has 0 radical (unpaired) electrons. The summed E-state index contributed by atoms with van der Waals surface area (Å²) in [6.45, 7) is 4.19. The molecule has 2 atom stereocenters. The van der Waals surface area contributed by atoms with Crippen LogP contribution in [-0.2, 0) is 4.79 Å². The van der Waals surface area contributed by atoms with Gasteiger partial charge in [-0.15, -0.1) is 0 Å². The van der Waals surface area contributed by atoms with E-state index >= 15 is 0 Å². The molecule has 0 spiro atoms. The van der Waals surface area contributed by atoms with Crippen molar-refractivity contribution in [2.45, 2.75) is 6.04 Å². The smallest absolute Gasteiger partial charge is 0.365 e. The number of oxazole rings is 1. The van der Waals surface area contributed by atoms with Gasteiger partial charge in [-0.3, -0.25) is 9.79 Å². The molecule has 9 heteroatoms. The van der Waals surface area contributed by atoms with Gasteiger partial charge in [0.05, 0.1) is 12.8 Å². The minimum Gasteiger partial charge on any atom is -0.497 e. The molecule has 0 fully saturated rings. The maximum atomic E-state index is 13.7. The molecular formula is C32H28N5O4+. The Morgan fingerprint density at radius 1 is 0.902 bits per heavy atom. The number of carbonyl (C=O) groups is 1. The van der Waals surface area contributed by atoms with Gasteiger partial charge in [-0.1, -0.05) is 49.0 Å². The number of amides is 1. The number of ether oxygens (including phenoxy) is 2. The molecule has 0 unspecified atom stereocenters. The molecule has 1 aliphatic heterocycles. The summed E-state index contributed by atoms with van der Waals surface area (Å²) in [6, 6.07) is 31.7. The van der Waals surface area contributed by atoms with Crippen LogP contribution in [0.25, 0.3) is 11.1 Å². The van der Waals surface area contributed by atoms with Crippen molar-refractivity contribution < 1.29 is 23.7 Å². The molecule has 2 heterocycles. The number of hydrogen-bond acceptors (Lipinski definition) is 7. The van der Waals surface area contributed by atoms with E-state index in [1.54, 1.807) is 19.2 Å². The topological polar surface area (TPSA) is 112 Å². The first-order valence-corrected chi connectivity index (χ1v) is 13.1. The number of rotatable bonds is 7. The number of fused-ring (bicyclic) bond motifs is 1. The number of para-hydroxylation sites is 3. The number of carbonyl (C=O) groups excluding carboxylic acids is 1. The molecule has 0 aliphatic carbocycles. The minimum atomic E-state index is -0.655. The average molecular weight is 547 g/mol. The molecule has 0 saturated heterocycles. The summed E-state index contributed by atoms with van der Waals surface area (Å²) < 4.78 is 17.0. The molecule has 9 nitrogen and oxygen atoms in total. The van der Waals surface area contributed by atoms with Gasteiger partial charge in [0.15, 0.2) is 5.58 Å². The number of aromatic nitrogens is 1. The molecule has 1 aromatic heterocycles. The van der Waals surface area contributed by atoms with Crippen LogP contribution in [0.15, 0.2) is 120 Å². The SMILES string of the molecule is C=C1NC(Nc2nc3ccccc3o2)=[NH+][C@H](c2ccc(OC)cc2)[C@H]1C(=O)Nc1ccc(Oc2ccccc2)cc1. The second-order valence-electron chi connectivity index (χ2n) is 9.44. The highest BCUT2D eigenvalue weighted by Gasteiger charge is 2.40. The Labute approximate surface area is 236 Å². The summed E-state index contributed by atoms with van der Waals surface area (Å²) >= 11 is 0. The molecule has 0 saturated carbocycles. The summed E-state index contributed by atoms with van der Waals surface area (Å²) in [6.07, 6.45) is 0. The van der Waals surface area contributed by atoms with Crippen molar-refractivity contribution in [3.05, 3.63) is 121 Å². The van der Waals surface area contributed by atoms with Gasteiger partial charge in [-0.25, -0.2) is 5.32 Å². The fourth-order valence-electron chi connectivity index (χ4n) is 4.66. The van der Waals surface area contributed by atoms with E-state index in [0.717, 1.165) is 16.8 Å². The van der Waals surface area contributed by atoms with Gasteiger partial charge >= 0.3 is 12.0 Å². The van der Waals surface area contributed by atoms with Crippen LogP contribution < -0.4 is 30.4 Å². The van der Waals surface area contributed by atoms with Crippen LogP contribution in [0.5, 0.6) is 17.2 Å². The zero-order valence-electron chi connectivity index (χ0n) is 22.3. The first-order chi connectivity index (χ1) is 20.1. The Balaban J connectivity index is 1.24. The number of guanidine groups is 1. The fraction of sp³-hybridized carbons (Fsp3) is 0.0938. The maximum Gasteiger partial charge on any atom is 0.365 e. The van der Waals surface area contributed by atoms with Gasteiger partial charge < -0.3 is 19.2 Å². The number of benzene rings is 4. The normalized spacial score (nSPS) is 16.4. The van der Waals surface area contributed by atoms with E-state index in [1.165, 1.54) is 0 Å². The molecule has 1 amide bonds. The molecular weight excluding hydrogens is 518 g/mol. The Kier molecular flexibility index (Phi) is 7.06. The second kappa shape index (κ2) is 11.3. The molecule has 41 heavy (non-hydrogen) atoms. The highest BCUT2D eigenvalue weighted by Crippen LogP contribution is 2.29. The van der Waals surface area contributed by atoms with Gasteiger partial charge in [-0.2, -0.15) is 10.3 Å². The highest BCUT2D eigenvalue weighted by atomic mass is 16.5. The Bertz CT molecular complexity index is 1680. The third-order valence-electron chi connectivity index (χ3n) is 6.68. The lowest BCUT2D eigenvalue weighted by Crippen LogP contribution is -2.84. The summed E-state index contributed by atoms with van der Waals surface area (Å²) in [5.74, 6) is 1.73. The van der Waals surface area contributed by atoms with E-state index in [0.29, 0.717) is 40.4 Å². The molecule has 1 aliphatic rings. The Morgan fingerprint density at radius 2 is 1.59 bits per heavy atom. The molecule has 0 bridgehead atoms. The predicted octanol–water partition coefficient (Wildman–Crippen LogP) is 4.59.